The van der Waals surface area contributed by atoms with E-state index >= 15 is 0 Å². The molecule has 0 aliphatic carbocycles. The molecule has 1 aromatic rings. The molecule has 12 heavy (non-hydrogen) atoms. The molecule has 0 fully saturated rings. The number of nitrogen functional groups attached to an aromatic ring is 1. The molecule has 0 bridgehead atoms. The average Bonchev–Trinajstić information content (AvgIpc) is 2.07. The Hall–Kier alpha value is -1.64. The highest BCUT2D eigenvalue weighted by Gasteiger charge is 1.93. The Morgan fingerprint density at radius 2 is 2.33 bits per heavy atom. The van der Waals surface area contributed by atoms with Crippen LogP contribution in [0.4, 0.5) is 5.82 Å². The largest absolute Gasteiger partial charge is 0.383 e. The van der Waals surface area contributed by atoms with Gasteiger partial charge < -0.3 is 5.73 Å². The lowest BCUT2D eigenvalue weighted by Gasteiger charge is -1.98. The van der Waals surface area contributed by atoms with Crippen LogP contribution in [0.2, 0.25) is 0 Å². The van der Waals surface area contributed by atoms with Gasteiger partial charge in [0.1, 0.15) is 12.1 Å². The zero-order valence-corrected chi connectivity index (χ0v) is 6.82. The number of nitrogens with zero attached hydrogens (tertiary/aromatic N) is 1. The highest BCUT2D eigenvalue weighted by atomic mass is 16.1. The predicted octanol–water partition coefficient (Wildman–Crippen LogP) is 1.18. The lowest BCUT2D eigenvalue weighted by molar-refractivity contribution is -0.104. The molecule has 62 valence electrons. The molecule has 0 unspecified atom stereocenters. The van der Waals surface area contributed by atoms with Crippen LogP contribution in [0, 0.1) is 6.92 Å². The third-order valence-electron chi connectivity index (χ3n) is 1.51. The summed E-state index contributed by atoms with van der Waals surface area (Å²) < 4.78 is 0. The molecular weight excluding hydrogens is 152 g/mol. The van der Waals surface area contributed by atoms with Crippen molar-refractivity contribution in [3.05, 3.63) is 29.5 Å². The Labute approximate surface area is 70.9 Å². The molecule has 0 radical (unpaired) electrons. The summed E-state index contributed by atoms with van der Waals surface area (Å²) in [6.07, 6.45) is 5.47. The summed E-state index contributed by atoms with van der Waals surface area (Å²) in [6.45, 7) is 1.88. The van der Waals surface area contributed by atoms with Crippen LogP contribution < -0.4 is 5.73 Å². The van der Waals surface area contributed by atoms with E-state index < -0.39 is 0 Å². The smallest absolute Gasteiger partial charge is 0.142 e. The third-order valence-corrected chi connectivity index (χ3v) is 1.51. The van der Waals surface area contributed by atoms with Gasteiger partial charge in [0.05, 0.1) is 0 Å². The maximum Gasteiger partial charge on any atom is 0.142 e. The van der Waals surface area contributed by atoms with E-state index in [1.54, 1.807) is 12.3 Å². The zero-order chi connectivity index (χ0) is 8.97. The summed E-state index contributed by atoms with van der Waals surface area (Å²) in [5.74, 6) is 0.526. The number of nitrogens with two attached hydrogens (primary N) is 1. The van der Waals surface area contributed by atoms with Gasteiger partial charge in [0, 0.05) is 6.20 Å². The van der Waals surface area contributed by atoms with Gasteiger partial charge >= 0.3 is 0 Å². The van der Waals surface area contributed by atoms with E-state index in [9.17, 15) is 4.79 Å². The number of hydrogen-bond acceptors (Lipinski definition) is 3. The van der Waals surface area contributed by atoms with E-state index in [1.165, 1.54) is 6.08 Å². The van der Waals surface area contributed by atoms with Crippen molar-refractivity contribution in [1.82, 2.24) is 4.98 Å². The Morgan fingerprint density at radius 3 is 2.92 bits per heavy atom. The van der Waals surface area contributed by atoms with Crippen LogP contribution in [0.5, 0.6) is 0 Å². The Morgan fingerprint density at radius 1 is 1.58 bits per heavy atom. The average molecular weight is 162 g/mol. The zero-order valence-electron chi connectivity index (χ0n) is 6.82. The monoisotopic (exact) mass is 162 g/mol. The molecule has 3 heteroatoms. The second kappa shape index (κ2) is 3.67. The number of allylic oxidation sites excluding steroid dienone is 1. The van der Waals surface area contributed by atoms with Gasteiger partial charge in [0.25, 0.3) is 0 Å². The van der Waals surface area contributed by atoms with Crippen molar-refractivity contribution in [3.8, 4) is 0 Å². The Kier molecular flexibility index (Phi) is 2.58. The van der Waals surface area contributed by atoms with E-state index in [0.29, 0.717) is 5.82 Å². The number of carbonyl (C=O) groups is 1. The number of aldehydes is 1. The molecule has 0 spiro atoms. The summed E-state index contributed by atoms with van der Waals surface area (Å²) in [4.78, 5) is 13.9. The van der Waals surface area contributed by atoms with Crippen molar-refractivity contribution in [3.63, 3.8) is 0 Å². The summed E-state index contributed by atoms with van der Waals surface area (Å²) in [6, 6.07) is 1.88. The second-order valence-corrected chi connectivity index (χ2v) is 2.47. The first-order valence-corrected chi connectivity index (χ1v) is 3.58. The predicted molar refractivity (Wildman–Crippen MR) is 48.5 cm³/mol. The molecule has 0 atom stereocenters. The molecule has 1 aromatic heterocycles. The molecule has 0 aliphatic rings. The first-order chi connectivity index (χ1) is 5.74. The minimum atomic E-state index is 0.526. The normalized spacial score (nSPS) is 10.4. The fraction of sp³-hybridized carbons (Fsp3) is 0.111. The standard InChI is InChI=1S/C9H10N2O/c1-7-5-8(3-2-4-12)6-11-9(7)10/h2-6H,1H3,(H2,10,11). The minimum Gasteiger partial charge on any atom is -0.383 e. The van der Waals surface area contributed by atoms with Gasteiger partial charge in [-0.25, -0.2) is 4.98 Å². The van der Waals surface area contributed by atoms with Gasteiger partial charge in [-0.2, -0.15) is 0 Å². The van der Waals surface area contributed by atoms with E-state index in [4.69, 9.17) is 5.73 Å². The fourth-order valence-electron chi connectivity index (χ4n) is 0.849. The lowest BCUT2D eigenvalue weighted by Crippen LogP contribution is -1.93. The summed E-state index contributed by atoms with van der Waals surface area (Å²) in [5, 5.41) is 0. The molecule has 0 aromatic carbocycles. The quantitative estimate of drug-likeness (QED) is 0.524. The van der Waals surface area contributed by atoms with Crippen molar-refractivity contribution in [1.29, 1.82) is 0 Å². The highest BCUT2D eigenvalue weighted by molar-refractivity contribution is 5.73. The van der Waals surface area contributed by atoms with Crippen LogP contribution in [-0.2, 0) is 4.79 Å². The van der Waals surface area contributed by atoms with Crippen molar-refractivity contribution < 1.29 is 4.79 Å². The van der Waals surface area contributed by atoms with Crippen molar-refractivity contribution in [2.45, 2.75) is 6.92 Å². The first-order valence-electron chi connectivity index (χ1n) is 3.58. The molecule has 1 rings (SSSR count). The van der Waals surface area contributed by atoms with Gasteiger partial charge in [0.15, 0.2) is 0 Å². The van der Waals surface area contributed by atoms with E-state index in [1.807, 2.05) is 13.0 Å². The number of hydrogen-bond donors (Lipinski definition) is 1. The topological polar surface area (TPSA) is 56.0 Å². The number of anilines is 1. The maximum atomic E-state index is 10.00. The van der Waals surface area contributed by atoms with Crippen molar-refractivity contribution in [2.75, 3.05) is 5.73 Å². The van der Waals surface area contributed by atoms with E-state index in [2.05, 4.69) is 4.98 Å². The van der Waals surface area contributed by atoms with Gasteiger partial charge in [-0.05, 0) is 30.2 Å². The molecule has 0 saturated heterocycles. The number of pyridine rings is 1. The molecule has 0 amide bonds. The maximum absolute atomic E-state index is 10.00. The summed E-state index contributed by atoms with van der Waals surface area (Å²) >= 11 is 0. The SMILES string of the molecule is Cc1cc(C=CC=O)cnc1N. The molecule has 3 nitrogen and oxygen atoms in total. The van der Waals surface area contributed by atoms with Crippen LogP contribution in [0.1, 0.15) is 11.1 Å². The first kappa shape index (κ1) is 8.46. The molecule has 0 saturated carbocycles. The van der Waals surface area contributed by atoms with Gasteiger partial charge in [-0.3, -0.25) is 4.79 Å². The lowest BCUT2D eigenvalue weighted by atomic mass is 10.2. The Bertz CT molecular complexity index is 318. The van der Waals surface area contributed by atoms with Gasteiger partial charge in [0.2, 0.25) is 0 Å². The summed E-state index contributed by atoms with van der Waals surface area (Å²) in [7, 11) is 0. The van der Waals surface area contributed by atoms with Crippen LogP contribution >= 0.6 is 0 Å². The molecule has 2 N–H and O–H groups in total. The third kappa shape index (κ3) is 1.92. The van der Waals surface area contributed by atoms with Crippen LogP contribution in [0.3, 0.4) is 0 Å². The van der Waals surface area contributed by atoms with Gasteiger partial charge in [-0.1, -0.05) is 6.08 Å². The van der Waals surface area contributed by atoms with Crippen molar-refractivity contribution >= 4 is 18.2 Å². The van der Waals surface area contributed by atoms with Crippen LogP contribution in [0.15, 0.2) is 18.3 Å². The van der Waals surface area contributed by atoms with Crippen LogP contribution in [0.25, 0.3) is 6.08 Å². The highest BCUT2D eigenvalue weighted by Crippen LogP contribution is 2.09. The number of carbonyl (C=O) groups excluding carboxylic acids is 1. The van der Waals surface area contributed by atoms with Crippen LogP contribution in [-0.4, -0.2) is 11.3 Å². The molecular formula is C9H10N2O. The minimum absolute atomic E-state index is 0.526. The van der Waals surface area contributed by atoms with E-state index in [0.717, 1.165) is 17.4 Å². The number of rotatable bonds is 2. The second-order valence-electron chi connectivity index (χ2n) is 2.47. The van der Waals surface area contributed by atoms with E-state index in [-0.39, 0.29) is 0 Å². The Balaban J connectivity index is 2.96. The number of aryl methyl sites for hydroxylation is 1. The molecule has 0 aliphatic heterocycles. The van der Waals surface area contributed by atoms with Crippen molar-refractivity contribution in [2.24, 2.45) is 0 Å². The number of aromatic nitrogens is 1. The fourth-order valence-corrected chi connectivity index (χ4v) is 0.849. The molecule has 1 heterocycles. The van der Waals surface area contributed by atoms with Gasteiger partial charge in [-0.15, -0.1) is 0 Å². The summed E-state index contributed by atoms with van der Waals surface area (Å²) in [5.41, 5.74) is 7.32.